The lowest BCUT2D eigenvalue weighted by molar-refractivity contribution is 0.579. The van der Waals surface area contributed by atoms with E-state index >= 15 is 0 Å². The number of hydrogen-bond donors (Lipinski definition) is 0. The molecule has 19 heavy (non-hydrogen) atoms. The number of thioether (sulfide) groups is 1. The number of pyridine rings is 1. The molecule has 102 valence electrons. The van der Waals surface area contributed by atoms with Gasteiger partial charge in [0.2, 0.25) is 0 Å². The first-order chi connectivity index (χ1) is 9.08. The fourth-order valence-corrected chi connectivity index (χ4v) is 4.96. The average molecular weight is 297 g/mol. The molecule has 5 nitrogen and oxygen atoms in total. The summed E-state index contributed by atoms with van der Waals surface area (Å²) in [7, 11) is -3.16. The van der Waals surface area contributed by atoms with E-state index in [4.69, 9.17) is 5.26 Å². The molecule has 0 radical (unpaired) electrons. The van der Waals surface area contributed by atoms with Crippen LogP contribution in [0.2, 0.25) is 0 Å². The molecule has 7 heteroatoms. The number of aromatic nitrogens is 1. The van der Waals surface area contributed by atoms with E-state index < -0.39 is 15.2 Å². The Morgan fingerprint density at radius 2 is 2.42 bits per heavy atom. The monoisotopic (exact) mass is 297 g/mol. The molecule has 1 aromatic rings. The number of nitriles is 1. The van der Waals surface area contributed by atoms with Gasteiger partial charge in [-0.3, -0.25) is 0 Å². The Morgan fingerprint density at radius 1 is 1.63 bits per heavy atom. The maximum absolute atomic E-state index is 12.1. The third-order valence-electron chi connectivity index (χ3n) is 3.07. The molecule has 0 N–H and O–H groups in total. The van der Waals surface area contributed by atoms with E-state index in [1.807, 2.05) is 0 Å². The SMILES string of the molecule is CCS(=O)(=O)C1CSCCN1c1cc(C#N)ccn1. The highest BCUT2D eigenvalue weighted by Gasteiger charge is 2.33. The zero-order valence-electron chi connectivity index (χ0n) is 10.6. The molecule has 0 spiro atoms. The normalized spacial score (nSPS) is 20.0. The van der Waals surface area contributed by atoms with Gasteiger partial charge in [0.05, 0.1) is 11.6 Å². The van der Waals surface area contributed by atoms with Crippen LogP contribution in [-0.2, 0) is 9.84 Å². The second-order valence-electron chi connectivity index (χ2n) is 4.19. The fourth-order valence-electron chi connectivity index (χ4n) is 1.98. The highest BCUT2D eigenvalue weighted by molar-refractivity contribution is 8.01. The van der Waals surface area contributed by atoms with Gasteiger partial charge in [-0.25, -0.2) is 13.4 Å². The maximum atomic E-state index is 12.1. The van der Waals surface area contributed by atoms with Gasteiger partial charge >= 0.3 is 0 Å². The average Bonchev–Trinajstić information content (AvgIpc) is 2.47. The van der Waals surface area contributed by atoms with E-state index in [9.17, 15) is 8.42 Å². The van der Waals surface area contributed by atoms with Crippen LogP contribution in [0.1, 0.15) is 12.5 Å². The highest BCUT2D eigenvalue weighted by atomic mass is 32.2. The van der Waals surface area contributed by atoms with Crippen LogP contribution in [0.3, 0.4) is 0 Å². The Balaban J connectivity index is 2.37. The summed E-state index contributed by atoms with van der Waals surface area (Å²) in [4.78, 5) is 6.01. The molecule has 1 unspecified atom stereocenters. The standard InChI is InChI=1S/C12H15N3O2S2/c1-2-19(16,17)12-9-18-6-5-15(12)11-7-10(8-13)3-4-14-11/h3-4,7,12H,2,5-6,9H2,1H3. The Bertz CT molecular complexity index is 595. The summed E-state index contributed by atoms with van der Waals surface area (Å²) < 4.78 is 24.3. The number of hydrogen-bond acceptors (Lipinski definition) is 6. The predicted octanol–water partition coefficient (Wildman–Crippen LogP) is 1.27. The Hall–Kier alpha value is -1.26. The van der Waals surface area contributed by atoms with Gasteiger partial charge in [0.1, 0.15) is 11.2 Å². The molecular weight excluding hydrogens is 282 g/mol. The van der Waals surface area contributed by atoms with Gasteiger partial charge in [-0.2, -0.15) is 17.0 Å². The number of sulfone groups is 1. The smallest absolute Gasteiger partial charge is 0.171 e. The van der Waals surface area contributed by atoms with Gasteiger partial charge in [0.25, 0.3) is 0 Å². The summed E-state index contributed by atoms with van der Waals surface area (Å²) in [6.07, 6.45) is 1.55. The zero-order valence-corrected chi connectivity index (χ0v) is 12.2. The van der Waals surface area contributed by atoms with Crippen molar-refractivity contribution in [2.45, 2.75) is 12.3 Å². The van der Waals surface area contributed by atoms with Crippen LogP contribution in [0.15, 0.2) is 18.3 Å². The summed E-state index contributed by atoms with van der Waals surface area (Å²) >= 11 is 1.64. The van der Waals surface area contributed by atoms with Crippen LogP contribution in [0.25, 0.3) is 0 Å². The topological polar surface area (TPSA) is 74.1 Å². The minimum Gasteiger partial charge on any atom is -0.338 e. The molecule has 0 bridgehead atoms. The first kappa shape index (κ1) is 14.2. The molecule has 2 heterocycles. The van der Waals surface area contributed by atoms with E-state index in [-0.39, 0.29) is 5.75 Å². The number of nitrogens with zero attached hydrogens (tertiary/aromatic N) is 3. The molecule has 1 fully saturated rings. The van der Waals surface area contributed by atoms with E-state index in [2.05, 4.69) is 11.1 Å². The van der Waals surface area contributed by atoms with Crippen LogP contribution in [-0.4, -0.2) is 42.6 Å². The van der Waals surface area contributed by atoms with Crippen molar-refractivity contribution < 1.29 is 8.42 Å². The lowest BCUT2D eigenvalue weighted by Crippen LogP contribution is -2.48. The van der Waals surface area contributed by atoms with Crippen molar-refractivity contribution in [3.8, 4) is 6.07 Å². The Labute approximate surface area is 117 Å². The van der Waals surface area contributed by atoms with Crippen molar-refractivity contribution >= 4 is 27.4 Å². The quantitative estimate of drug-likeness (QED) is 0.836. The summed E-state index contributed by atoms with van der Waals surface area (Å²) in [6, 6.07) is 5.32. The van der Waals surface area contributed by atoms with Crippen molar-refractivity contribution in [2.75, 3.05) is 28.7 Å². The van der Waals surface area contributed by atoms with E-state index in [0.29, 0.717) is 23.7 Å². The second-order valence-corrected chi connectivity index (χ2v) is 7.79. The van der Waals surface area contributed by atoms with Gasteiger partial charge in [0.15, 0.2) is 9.84 Å². The van der Waals surface area contributed by atoms with Crippen LogP contribution in [0.5, 0.6) is 0 Å². The van der Waals surface area contributed by atoms with E-state index in [1.54, 1.807) is 41.9 Å². The minimum absolute atomic E-state index is 0.118. The Kier molecular flexibility index (Phi) is 4.32. The van der Waals surface area contributed by atoms with Crippen molar-refractivity contribution in [3.05, 3.63) is 23.9 Å². The highest BCUT2D eigenvalue weighted by Crippen LogP contribution is 2.26. The molecule has 1 saturated heterocycles. The van der Waals surface area contributed by atoms with Crippen LogP contribution in [0, 0.1) is 11.3 Å². The molecule has 0 saturated carbocycles. The molecule has 0 amide bonds. The summed E-state index contributed by atoms with van der Waals surface area (Å²) in [5, 5.41) is 8.37. The number of rotatable bonds is 3. The van der Waals surface area contributed by atoms with Crippen molar-refractivity contribution in [3.63, 3.8) is 0 Å². The van der Waals surface area contributed by atoms with Gasteiger partial charge in [-0.15, -0.1) is 0 Å². The minimum atomic E-state index is -3.16. The molecule has 2 rings (SSSR count). The largest absolute Gasteiger partial charge is 0.338 e. The molecular formula is C12H15N3O2S2. The molecule has 1 aromatic heterocycles. The second kappa shape index (κ2) is 5.80. The first-order valence-corrected chi connectivity index (χ1v) is 8.87. The molecule has 0 aromatic carbocycles. The van der Waals surface area contributed by atoms with Crippen LogP contribution < -0.4 is 4.90 Å². The van der Waals surface area contributed by atoms with Gasteiger partial charge in [-0.1, -0.05) is 6.92 Å². The van der Waals surface area contributed by atoms with Gasteiger partial charge in [0, 0.05) is 30.0 Å². The van der Waals surface area contributed by atoms with Crippen LogP contribution in [0.4, 0.5) is 5.82 Å². The maximum Gasteiger partial charge on any atom is 0.171 e. The third kappa shape index (κ3) is 3.01. The Morgan fingerprint density at radius 3 is 3.11 bits per heavy atom. The van der Waals surface area contributed by atoms with Gasteiger partial charge < -0.3 is 4.90 Å². The lowest BCUT2D eigenvalue weighted by Gasteiger charge is -2.35. The summed E-state index contributed by atoms with van der Waals surface area (Å²) in [6.45, 7) is 2.29. The molecule has 1 atom stereocenters. The van der Waals surface area contributed by atoms with Crippen LogP contribution >= 0.6 is 11.8 Å². The predicted molar refractivity (Wildman–Crippen MR) is 76.9 cm³/mol. The van der Waals surface area contributed by atoms with Crippen molar-refractivity contribution in [1.29, 1.82) is 5.26 Å². The summed E-state index contributed by atoms with van der Waals surface area (Å²) in [5.74, 6) is 2.11. The molecule has 0 aliphatic carbocycles. The van der Waals surface area contributed by atoms with E-state index in [1.165, 1.54) is 0 Å². The third-order valence-corrected chi connectivity index (χ3v) is 6.36. The summed E-state index contributed by atoms with van der Waals surface area (Å²) in [5.41, 5.74) is 0.496. The van der Waals surface area contributed by atoms with Crippen molar-refractivity contribution in [2.24, 2.45) is 0 Å². The number of anilines is 1. The molecule has 1 aliphatic rings. The molecule has 1 aliphatic heterocycles. The van der Waals surface area contributed by atoms with E-state index in [0.717, 1.165) is 5.75 Å². The van der Waals surface area contributed by atoms with Crippen molar-refractivity contribution in [1.82, 2.24) is 4.98 Å². The zero-order chi connectivity index (χ0) is 13.9. The lowest BCUT2D eigenvalue weighted by atomic mass is 10.3. The fraction of sp³-hybridized carbons (Fsp3) is 0.500. The van der Waals surface area contributed by atoms with Gasteiger partial charge in [-0.05, 0) is 12.1 Å². The first-order valence-electron chi connectivity index (χ1n) is 6.00.